The lowest BCUT2D eigenvalue weighted by Crippen LogP contribution is -2.19. The van der Waals surface area contributed by atoms with Crippen LogP contribution < -0.4 is 10.3 Å². The summed E-state index contributed by atoms with van der Waals surface area (Å²) in [7, 11) is 0. The molecule has 5 heteroatoms. The van der Waals surface area contributed by atoms with Gasteiger partial charge in [-0.15, -0.1) is 0 Å². The van der Waals surface area contributed by atoms with E-state index in [1.54, 1.807) is 41.1 Å². The zero-order chi connectivity index (χ0) is 16.9. The molecule has 1 heterocycles. The minimum atomic E-state index is -0.282. The molecule has 0 aliphatic heterocycles. The molecular formula is C19H15ClFNO2. The maximum Gasteiger partial charge on any atom is 0.251 e. The summed E-state index contributed by atoms with van der Waals surface area (Å²) in [5.74, 6) is 0.295. The third-order valence-corrected chi connectivity index (χ3v) is 3.79. The number of nitrogens with zero attached hydrogens (tertiary/aromatic N) is 1. The Kier molecular flexibility index (Phi) is 4.96. The number of rotatable bonds is 5. The maximum atomic E-state index is 12.9. The Morgan fingerprint density at radius 3 is 2.29 bits per heavy atom. The zero-order valence-electron chi connectivity index (χ0n) is 12.8. The number of hydrogen-bond donors (Lipinski definition) is 0. The van der Waals surface area contributed by atoms with Crippen LogP contribution in [-0.4, -0.2) is 4.57 Å². The van der Waals surface area contributed by atoms with Crippen LogP contribution in [0.25, 0.3) is 0 Å². The molecule has 0 radical (unpaired) electrons. The molecular weight excluding hydrogens is 329 g/mol. The number of hydrogen-bond acceptors (Lipinski definition) is 2. The van der Waals surface area contributed by atoms with E-state index in [9.17, 15) is 9.18 Å². The Labute approximate surface area is 143 Å². The van der Waals surface area contributed by atoms with E-state index >= 15 is 0 Å². The number of aromatic nitrogens is 1. The van der Waals surface area contributed by atoms with Gasteiger partial charge in [0.15, 0.2) is 0 Å². The van der Waals surface area contributed by atoms with Gasteiger partial charge in [-0.25, -0.2) is 4.39 Å². The maximum absolute atomic E-state index is 12.9. The fourth-order valence-corrected chi connectivity index (χ4v) is 2.38. The van der Waals surface area contributed by atoms with Crippen LogP contribution in [0.4, 0.5) is 4.39 Å². The summed E-state index contributed by atoms with van der Waals surface area (Å²) in [6.45, 7) is 0.739. The topological polar surface area (TPSA) is 31.2 Å². The summed E-state index contributed by atoms with van der Waals surface area (Å²) < 4.78 is 20.1. The highest BCUT2D eigenvalue weighted by atomic mass is 35.5. The van der Waals surface area contributed by atoms with Crippen LogP contribution in [0.15, 0.2) is 71.7 Å². The molecule has 1 aromatic heterocycles. The SMILES string of the molecule is O=c1ccc(OCc2ccc(F)cc2)cn1Cc1ccc(Cl)cc1. The Bertz CT molecular complexity index is 873. The fraction of sp³-hybridized carbons (Fsp3) is 0.105. The molecule has 0 aliphatic carbocycles. The van der Waals surface area contributed by atoms with Crippen molar-refractivity contribution in [2.75, 3.05) is 0 Å². The van der Waals surface area contributed by atoms with Crippen molar-refractivity contribution >= 4 is 11.6 Å². The van der Waals surface area contributed by atoms with Crippen LogP contribution >= 0.6 is 11.6 Å². The van der Waals surface area contributed by atoms with E-state index in [1.165, 1.54) is 18.2 Å². The van der Waals surface area contributed by atoms with Crippen LogP contribution in [-0.2, 0) is 13.2 Å². The van der Waals surface area contributed by atoms with Gasteiger partial charge in [0.2, 0.25) is 0 Å². The normalized spacial score (nSPS) is 10.6. The minimum Gasteiger partial charge on any atom is -0.487 e. The highest BCUT2D eigenvalue weighted by molar-refractivity contribution is 6.30. The van der Waals surface area contributed by atoms with Gasteiger partial charge in [0.05, 0.1) is 6.54 Å². The van der Waals surface area contributed by atoms with Gasteiger partial charge >= 0.3 is 0 Å². The second-order valence-corrected chi connectivity index (χ2v) is 5.81. The second-order valence-electron chi connectivity index (χ2n) is 5.37. The average molecular weight is 344 g/mol. The fourth-order valence-electron chi connectivity index (χ4n) is 2.25. The molecule has 0 fully saturated rings. The zero-order valence-corrected chi connectivity index (χ0v) is 13.5. The van der Waals surface area contributed by atoms with E-state index in [1.807, 2.05) is 12.1 Å². The summed E-state index contributed by atoms with van der Waals surface area (Å²) in [6.07, 6.45) is 1.67. The predicted molar refractivity (Wildman–Crippen MR) is 92.0 cm³/mol. The van der Waals surface area contributed by atoms with Crippen LogP contribution in [0.2, 0.25) is 5.02 Å². The van der Waals surface area contributed by atoms with Crippen molar-refractivity contribution < 1.29 is 9.13 Å². The summed E-state index contributed by atoms with van der Waals surface area (Å²) in [5.41, 5.74) is 1.71. The molecule has 0 N–H and O–H groups in total. The van der Waals surface area contributed by atoms with Crippen LogP contribution in [0.1, 0.15) is 11.1 Å². The van der Waals surface area contributed by atoms with Gasteiger partial charge in [-0.05, 0) is 41.5 Å². The highest BCUT2D eigenvalue weighted by Gasteiger charge is 2.03. The first-order valence-corrected chi connectivity index (χ1v) is 7.80. The summed E-state index contributed by atoms with van der Waals surface area (Å²) in [4.78, 5) is 12.0. The van der Waals surface area contributed by atoms with Crippen LogP contribution in [0.3, 0.4) is 0 Å². The number of pyridine rings is 1. The standard InChI is InChI=1S/C19H15ClFNO2/c20-16-5-1-14(2-6-16)11-22-12-18(9-10-19(22)23)24-13-15-3-7-17(21)8-4-15/h1-10,12H,11,13H2. The van der Waals surface area contributed by atoms with Crippen LogP contribution in [0, 0.1) is 5.82 Å². The summed E-state index contributed by atoms with van der Waals surface area (Å²) >= 11 is 5.87. The molecule has 2 aromatic carbocycles. The quantitative estimate of drug-likeness (QED) is 0.693. The van der Waals surface area contributed by atoms with Crippen molar-refractivity contribution in [3.05, 3.63) is 99.2 Å². The van der Waals surface area contributed by atoms with Gasteiger partial charge in [-0.3, -0.25) is 4.79 Å². The largest absolute Gasteiger partial charge is 0.487 e. The number of benzene rings is 2. The first-order chi connectivity index (χ1) is 11.6. The van der Waals surface area contributed by atoms with Crippen molar-refractivity contribution in [1.82, 2.24) is 4.57 Å². The molecule has 3 nitrogen and oxygen atoms in total. The van der Waals surface area contributed by atoms with E-state index in [4.69, 9.17) is 16.3 Å². The van der Waals surface area contributed by atoms with E-state index < -0.39 is 0 Å². The second kappa shape index (κ2) is 7.32. The van der Waals surface area contributed by atoms with Crippen molar-refractivity contribution in [3.63, 3.8) is 0 Å². The van der Waals surface area contributed by atoms with Crippen molar-refractivity contribution in [1.29, 1.82) is 0 Å². The van der Waals surface area contributed by atoms with Gasteiger partial charge in [-0.2, -0.15) is 0 Å². The summed E-state index contributed by atoms with van der Waals surface area (Å²) in [5, 5.41) is 0.655. The molecule has 24 heavy (non-hydrogen) atoms. The van der Waals surface area contributed by atoms with E-state index in [-0.39, 0.29) is 11.4 Å². The van der Waals surface area contributed by atoms with Gasteiger partial charge in [0, 0.05) is 17.3 Å². The molecule has 0 atom stereocenters. The third-order valence-electron chi connectivity index (χ3n) is 3.54. The van der Waals surface area contributed by atoms with E-state index in [0.29, 0.717) is 23.9 Å². The molecule has 0 bridgehead atoms. The highest BCUT2D eigenvalue weighted by Crippen LogP contribution is 2.14. The van der Waals surface area contributed by atoms with Crippen molar-refractivity contribution in [2.24, 2.45) is 0 Å². The first kappa shape index (κ1) is 16.3. The Morgan fingerprint density at radius 2 is 1.58 bits per heavy atom. The average Bonchev–Trinajstić information content (AvgIpc) is 2.59. The Morgan fingerprint density at radius 1 is 0.917 bits per heavy atom. The molecule has 0 spiro atoms. The van der Waals surface area contributed by atoms with Gasteiger partial charge in [0.25, 0.3) is 5.56 Å². The Balaban J connectivity index is 1.72. The van der Waals surface area contributed by atoms with E-state index in [0.717, 1.165) is 11.1 Å². The van der Waals surface area contributed by atoms with Gasteiger partial charge in [-0.1, -0.05) is 35.9 Å². The van der Waals surface area contributed by atoms with Crippen LogP contribution in [0.5, 0.6) is 5.75 Å². The lowest BCUT2D eigenvalue weighted by molar-refractivity contribution is 0.303. The molecule has 122 valence electrons. The Hall–Kier alpha value is -2.59. The molecule has 0 saturated carbocycles. The third kappa shape index (κ3) is 4.24. The molecule has 0 amide bonds. The lowest BCUT2D eigenvalue weighted by Gasteiger charge is -2.10. The molecule has 0 saturated heterocycles. The smallest absolute Gasteiger partial charge is 0.251 e. The van der Waals surface area contributed by atoms with Gasteiger partial charge in [0.1, 0.15) is 18.2 Å². The van der Waals surface area contributed by atoms with Gasteiger partial charge < -0.3 is 9.30 Å². The monoisotopic (exact) mass is 343 g/mol. The van der Waals surface area contributed by atoms with E-state index in [2.05, 4.69) is 0 Å². The molecule has 0 unspecified atom stereocenters. The number of halogens is 2. The molecule has 3 aromatic rings. The minimum absolute atomic E-state index is 0.112. The summed E-state index contributed by atoms with van der Waals surface area (Å²) in [6, 6.07) is 16.5. The molecule has 3 rings (SSSR count). The number of ether oxygens (including phenoxy) is 1. The van der Waals surface area contributed by atoms with Crippen molar-refractivity contribution in [2.45, 2.75) is 13.2 Å². The predicted octanol–water partition coefficient (Wildman–Crippen LogP) is 4.27. The molecule has 0 aliphatic rings. The lowest BCUT2D eigenvalue weighted by atomic mass is 10.2. The first-order valence-electron chi connectivity index (χ1n) is 7.42. The van der Waals surface area contributed by atoms with Crippen molar-refractivity contribution in [3.8, 4) is 5.75 Å².